The number of fused-ring (bicyclic) bond motifs is 2. The van der Waals surface area contributed by atoms with Crippen molar-refractivity contribution in [2.45, 2.75) is 32.6 Å². The molecule has 8 heteroatoms. The highest BCUT2D eigenvalue weighted by Gasteiger charge is 2.48. The first-order chi connectivity index (χ1) is 13.1. The van der Waals surface area contributed by atoms with Gasteiger partial charge >= 0.3 is 0 Å². The molecule has 0 spiro atoms. The number of aromatic nitrogens is 1. The molecular formula is C19H21N3O4S. The standard InChI is InChI=1S/C19H21N3O4S/c1-2-26-11-7-8-14-15(9-11)27-19(20-14)21-16(23)10-22-17(24)12-5-3-4-6-13(12)18(22)25/h7-9,12-13H,2-6,10H2,1H3,(H,20,21,23)/t12-,13-/m1/s1. The van der Waals surface area contributed by atoms with Crippen molar-refractivity contribution in [3.63, 3.8) is 0 Å². The molecule has 3 amide bonds. The van der Waals surface area contributed by atoms with E-state index in [-0.39, 0.29) is 30.2 Å². The van der Waals surface area contributed by atoms with Gasteiger partial charge in [0.25, 0.3) is 0 Å². The van der Waals surface area contributed by atoms with E-state index in [1.165, 1.54) is 11.3 Å². The summed E-state index contributed by atoms with van der Waals surface area (Å²) in [6, 6.07) is 5.55. The van der Waals surface area contributed by atoms with Gasteiger partial charge < -0.3 is 10.1 Å². The maximum absolute atomic E-state index is 12.5. The maximum atomic E-state index is 12.5. The number of thiazole rings is 1. The van der Waals surface area contributed by atoms with Crippen molar-refractivity contribution in [2.75, 3.05) is 18.5 Å². The first-order valence-corrected chi connectivity index (χ1v) is 10.1. The zero-order valence-corrected chi connectivity index (χ0v) is 15.9. The summed E-state index contributed by atoms with van der Waals surface area (Å²) < 4.78 is 6.37. The summed E-state index contributed by atoms with van der Waals surface area (Å²) in [6.07, 6.45) is 3.42. The number of nitrogens with one attached hydrogen (secondary N) is 1. The number of benzene rings is 1. The quantitative estimate of drug-likeness (QED) is 0.797. The summed E-state index contributed by atoms with van der Waals surface area (Å²) in [5.74, 6) is -0.533. The lowest BCUT2D eigenvalue weighted by Gasteiger charge is -2.19. The number of carbonyl (C=O) groups excluding carboxylic acids is 3. The predicted octanol–water partition coefficient (Wildman–Crippen LogP) is 2.81. The number of rotatable bonds is 5. The van der Waals surface area contributed by atoms with Crippen LogP contribution in [-0.4, -0.2) is 40.8 Å². The van der Waals surface area contributed by atoms with Crippen molar-refractivity contribution < 1.29 is 19.1 Å². The Balaban J connectivity index is 1.44. The lowest BCUT2D eigenvalue weighted by molar-refractivity contribution is -0.142. The van der Waals surface area contributed by atoms with Crippen molar-refractivity contribution >= 4 is 44.4 Å². The first-order valence-electron chi connectivity index (χ1n) is 9.25. The zero-order chi connectivity index (χ0) is 19.0. The van der Waals surface area contributed by atoms with Crippen molar-refractivity contribution in [3.8, 4) is 5.75 Å². The summed E-state index contributed by atoms with van der Waals surface area (Å²) in [4.78, 5) is 42.9. The molecule has 1 saturated heterocycles. The Morgan fingerprint density at radius 3 is 2.63 bits per heavy atom. The van der Waals surface area contributed by atoms with Gasteiger partial charge in [-0.2, -0.15) is 0 Å². The number of anilines is 1. The average molecular weight is 387 g/mol. The van der Waals surface area contributed by atoms with Crippen molar-refractivity contribution in [1.29, 1.82) is 0 Å². The van der Waals surface area contributed by atoms with Crippen LogP contribution in [0, 0.1) is 11.8 Å². The van der Waals surface area contributed by atoms with Crippen LogP contribution in [0.2, 0.25) is 0 Å². The highest BCUT2D eigenvalue weighted by molar-refractivity contribution is 7.22. The van der Waals surface area contributed by atoms with Crippen LogP contribution in [0.4, 0.5) is 5.13 Å². The monoisotopic (exact) mass is 387 g/mol. The van der Waals surface area contributed by atoms with Crippen LogP contribution in [0.15, 0.2) is 18.2 Å². The summed E-state index contributed by atoms with van der Waals surface area (Å²) in [7, 11) is 0. The molecule has 2 aliphatic rings. The van der Waals surface area contributed by atoms with E-state index in [2.05, 4.69) is 10.3 Å². The molecule has 2 heterocycles. The average Bonchev–Trinajstić information content (AvgIpc) is 3.16. The molecule has 4 rings (SSSR count). The number of amides is 3. The topological polar surface area (TPSA) is 88.6 Å². The number of imide groups is 1. The number of carbonyl (C=O) groups is 3. The summed E-state index contributed by atoms with van der Waals surface area (Å²) in [5, 5.41) is 3.16. The second-order valence-electron chi connectivity index (χ2n) is 6.89. The molecule has 0 radical (unpaired) electrons. The smallest absolute Gasteiger partial charge is 0.246 e. The van der Waals surface area contributed by atoms with E-state index < -0.39 is 5.91 Å². The molecule has 2 atom stereocenters. The number of ether oxygens (including phenoxy) is 1. The molecule has 1 aromatic carbocycles. The second-order valence-corrected chi connectivity index (χ2v) is 7.92. The largest absolute Gasteiger partial charge is 0.494 e. The summed E-state index contributed by atoms with van der Waals surface area (Å²) >= 11 is 1.33. The van der Waals surface area contributed by atoms with E-state index in [1.807, 2.05) is 25.1 Å². The Morgan fingerprint density at radius 2 is 1.96 bits per heavy atom. The van der Waals surface area contributed by atoms with Gasteiger partial charge in [-0.15, -0.1) is 0 Å². The fourth-order valence-corrected chi connectivity index (χ4v) is 4.81. The van der Waals surface area contributed by atoms with Gasteiger partial charge in [0.1, 0.15) is 12.3 Å². The van der Waals surface area contributed by atoms with E-state index in [0.717, 1.165) is 46.5 Å². The number of hydrogen-bond donors (Lipinski definition) is 1. The fraction of sp³-hybridized carbons (Fsp3) is 0.474. The molecule has 1 N–H and O–H groups in total. The van der Waals surface area contributed by atoms with Crippen LogP contribution in [0.5, 0.6) is 5.75 Å². The SMILES string of the molecule is CCOc1ccc2nc(NC(=O)CN3C(=O)[C@@H]4CCCC[C@H]4C3=O)sc2c1. The highest BCUT2D eigenvalue weighted by Crippen LogP contribution is 2.38. The van der Waals surface area contributed by atoms with Crippen molar-refractivity contribution in [3.05, 3.63) is 18.2 Å². The Kier molecular flexibility index (Phi) is 4.82. The van der Waals surface area contributed by atoms with Crippen LogP contribution in [0.25, 0.3) is 10.2 Å². The number of hydrogen-bond acceptors (Lipinski definition) is 6. The molecule has 2 aromatic rings. The Labute approximate surface area is 160 Å². The van der Waals surface area contributed by atoms with Crippen LogP contribution in [0.1, 0.15) is 32.6 Å². The van der Waals surface area contributed by atoms with E-state index >= 15 is 0 Å². The molecule has 2 fully saturated rings. The zero-order valence-electron chi connectivity index (χ0n) is 15.1. The van der Waals surface area contributed by atoms with Crippen LogP contribution in [-0.2, 0) is 14.4 Å². The van der Waals surface area contributed by atoms with Gasteiger partial charge in [-0.1, -0.05) is 24.2 Å². The third kappa shape index (κ3) is 3.41. The molecule has 1 aliphatic heterocycles. The van der Waals surface area contributed by atoms with Gasteiger partial charge in [-0.05, 0) is 38.0 Å². The molecular weight excluding hydrogens is 366 g/mol. The molecule has 1 aromatic heterocycles. The Hall–Kier alpha value is -2.48. The van der Waals surface area contributed by atoms with Crippen LogP contribution >= 0.6 is 11.3 Å². The lowest BCUT2D eigenvalue weighted by Crippen LogP contribution is -2.38. The molecule has 0 bridgehead atoms. The number of likely N-dealkylation sites (tertiary alicyclic amines) is 1. The Morgan fingerprint density at radius 1 is 1.26 bits per heavy atom. The van der Waals surface area contributed by atoms with Gasteiger partial charge in [-0.25, -0.2) is 4.98 Å². The van der Waals surface area contributed by atoms with Gasteiger partial charge in [0.15, 0.2) is 5.13 Å². The molecule has 1 aliphatic carbocycles. The maximum Gasteiger partial charge on any atom is 0.246 e. The van der Waals surface area contributed by atoms with Gasteiger partial charge in [0.05, 0.1) is 28.7 Å². The summed E-state index contributed by atoms with van der Waals surface area (Å²) in [5.41, 5.74) is 0.762. The number of nitrogens with zero attached hydrogens (tertiary/aromatic N) is 2. The molecule has 27 heavy (non-hydrogen) atoms. The Bertz CT molecular complexity index is 885. The lowest BCUT2D eigenvalue weighted by atomic mass is 9.81. The minimum atomic E-state index is -0.403. The van der Waals surface area contributed by atoms with Crippen LogP contribution < -0.4 is 10.1 Å². The molecule has 7 nitrogen and oxygen atoms in total. The highest BCUT2D eigenvalue weighted by atomic mass is 32.1. The first kappa shape index (κ1) is 17.9. The van der Waals surface area contributed by atoms with E-state index in [0.29, 0.717) is 11.7 Å². The van der Waals surface area contributed by atoms with Crippen molar-refractivity contribution in [2.24, 2.45) is 11.8 Å². The summed E-state index contributed by atoms with van der Waals surface area (Å²) in [6.45, 7) is 2.25. The van der Waals surface area contributed by atoms with Gasteiger partial charge in [-0.3, -0.25) is 19.3 Å². The predicted molar refractivity (Wildman–Crippen MR) is 102 cm³/mol. The third-order valence-electron chi connectivity index (χ3n) is 5.15. The molecule has 0 unspecified atom stereocenters. The van der Waals surface area contributed by atoms with Gasteiger partial charge in [0.2, 0.25) is 17.7 Å². The fourth-order valence-electron chi connectivity index (χ4n) is 3.90. The van der Waals surface area contributed by atoms with Crippen molar-refractivity contribution in [1.82, 2.24) is 9.88 Å². The molecule has 1 saturated carbocycles. The third-order valence-corrected chi connectivity index (χ3v) is 6.08. The van der Waals surface area contributed by atoms with Crippen LogP contribution in [0.3, 0.4) is 0 Å². The minimum absolute atomic E-state index is 0.203. The normalized spacial score (nSPS) is 22.2. The van der Waals surface area contributed by atoms with Gasteiger partial charge in [0, 0.05) is 0 Å². The molecule has 142 valence electrons. The minimum Gasteiger partial charge on any atom is -0.494 e. The van der Waals surface area contributed by atoms with E-state index in [9.17, 15) is 14.4 Å². The van der Waals surface area contributed by atoms with E-state index in [1.54, 1.807) is 0 Å². The van der Waals surface area contributed by atoms with E-state index in [4.69, 9.17) is 4.74 Å². The second kappa shape index (κ2) is 7.26.